The van der Waals surface area contributed by atoms with Crippen molar-refractivity contribution in [1.82, 2.24) is 15.5 Å². The van der Waals surface area contributed by atoms with Gasteiger partial charge in [-0.2, -0.15) is 11.8 Å². The number of benzene rings is 1. The van der Waals surface area contributed by atoms with Crippen molar-refractivity contribution in [3.05, 3.63) is 35.1 Å². The molecule has 1 aromatic rings. The summed E-state index contributed by atoms with van der Waals surface area (Å²) in [6.07, 6.45) is 5.80. The lowest BCUT2D eigenvalue weighted by atomic mass is 10.1. The predicted octanol–water partition coefficient (Wildman–Crippen LogP) is 3.85. The molecule has 1 aliphatic heterocycles. The van der Waals surface area contributed by atoms with E-state index in [9.17, 15) is 4.39 Å². The van der Waals surface area contributed by atoms with Gasteiger partial charge in [0.05, 0.1) is 0 Å². The SMILES string of the molecule is CCC(CNC(=NC)NCc1ccc(F)cc1CSC)N1CCCC1.I. The van der Waals surface area contributed by atoms with Crippen molar-refractivity contribution in [2.24, 2.45) is 4.99 Å². The predicted molar refractivity (Wildman–Crippen MR) is 122 cm³/mol. The lowest BCUT2D eigenvalue weighted by molar-refractivity contribution is 0.236. The number of nitrogens with one attached hydrogen (secondary N) is 2. The lowest BCUT2D eigenvalue weighted by Crippen LogP contribution is -2.46. The molecular weight excluding hydrogens is 462 g/mol. The van der Waals surface area contributed by atoms with Gasteiger partial charge in [-0.05, 0) is 61.9 Å². The number of halogens is 2. The topological polar surface area (TPSA) is 39.7 Å². The van der Waals surface area contributed by atoms with Crippen molar-refractivity contribution in [1.29, 1.82) is 0 Å². The van der Waals surface area contributed by atoms with Crippen LogP contribution in [0.4, 0.5) is 4.39 Å². The van der Waals surface area contributed by atoms with Crippen LogP contribution in [0.2, 0.25) is 0 Å². The number of nitrogens with zero attached hydrogens (tertiary/aromatic N) is 2. The average molecular weight is 494 g/mol. The molecule has 2 N–H and O–H groups in total. The van der Waals surface area contributed by atoms with Crippen molar-refractivity contribution in [3.8, 4) is 0 Å². The van der Waals surface area contributed by atoms with Crippen LogP contribution in [0.3, 0.4) is 0 Å². The second-order valence-corrected chi connectivity index (χ2v) is 7.32. The average Bonchev–Trinajstić information content (AvgIpc) is 3.14. The first kappa shape index (κ1) is 23.5. The highest BCUT2D eigenvalue weighted by Gasteiger charge is 2.20. The molecule has 1 atom stereocenters. The summed E-state index contributed by atoms with van der Waals surface area (Å²) in [5, 5.41) is 6.81. The molecule has 1 unspecified atom stereocenters. The van der Waals surface area contributed by atoms with E-state index in [0.717, 1.165) is 35.8 Å². The molecule has 0 aromatic heterocycles. The molecule has 26 heavy (non-hydrogen) atoms. The fraction of sp³-hybridized carbons (Fsp3) is 0.632. The summed E-state index contributed by atoms with van der Waals surface area (Å²) >= 11 is 1.70. The molecular formula is C19H32FIN4S. The summed E-state index contributed by atoms with van der Waals surface area (Å²) in [6.45, 7) is 6.21. The summed E-state index contributed by atoms with van der Waals surface area (Å²) in [5.41, 5.74) is 2.16. The van der Waals surface area contributed by atoms with Crippen LogP contribution in [0, 0.1) is 5.82 Å². The number of rotatable bonds is 8. The maximum absolute atomic E-state index is 13.5. The number of guanidine groups is 1. The fourth-order valence-corrected chi connectivity index (χ4v) is 3.89. The molecule has 0 aliphatic carbocycles. The van der Waals surface area contributed by atoms with Crippen molar-refractivity contribution in [3.63, 3.8) is 0 Å². The van der Waals surface area contributed by atoms with Crippen LogP contribution >= 0.6 is 35.7 Å². The highest BCUT2D eigenvalue weighted by Crippen LogP contribution is 2.17. The molecule has 4 nitrogen and oxygen atoms in total. The minimum atomic E-state index is -0.174. The first-order valence-corrected chi connectivity index (χ1v) is 10.5. The van der Waals surface area contributed by atoms with Gasteiger partial charge in [0.2, 0.25) is 0 Å². The van der Waals surface area contributed by atoms with E-state index in [1.807, 2.05) is 12.3 Å². The smallest absolute Gasteiger partial charge is 0.191 e. The molecule has 2 rings (SSSR count). The fourth-order valence-electron chi connectivity index (χ4n) is 3.31. The third-order valence-corrected chi connectivity index (χ3v) is 5.37. The number of hydrogen-bond donors (Lipinski definition) is 2. The normalized spacial score (nSPS) is 16.2. The van der Waals surface area contributed by atoms with E-state index in [1.54, 1.807) is 24.9 Å². The molecule has 7 heteroatoms. The zero-order valence-electron chi connectivity index (χ0n) is 16.1. The summed E-state index contributed by atoms with van der Waals surface area (Å²) in [4.78, 5) is 6.89. The highest BCUT2D eigenvalue weighted by atomic mass is 127. The Kier molecular flexibility index (Phi) is 11.5. The van der Waals surface area contributed by atoms with Crippen LogP contribution < -0.4 is 10.6 Å². The van der Waals surface area contributed by atoms with Crippen LogP contribution in [0.25, 0.3) is 0 Å². The van der Waals surface area contributed by atoms with E-state index in [2.05, 4.69) is 27.4 Å². The van der Waals surface area contributed by atoms with Crippen LogP contribution in [0.1, 0.15) is 37.3 Å². The summed E-state index contributed by atoms with van der Waals surface area (Å²) in [7, 11) is 1.79. The standard InChI is InChI=1S/C19H31FN4S.HI/c1-4-18(24-9-5-6-10-24)13-23-19(21-2)22-12-15-7-8-17(20)11-16(15)14-25-3;/h7-8,11,18H,4-6,9-10,12-14H2,1-3H3,(H2,21,22,23);1H. The van der Waals surface area contributed by atoms with Crippen LogP contribution in [0.5, 0.6) is 0 Å². The van der Waals surface area contributed by atoms with Crippen LogP contribution in [-0.4, -0.2) is 49.8 Å². The van der Waals surface area contributed by atoms with E-state index >= 15 is 0 Å². The quantitative estimate of drug-likeness (QED) is 0.327. The first-order chi connectivity index (χ1) is 12.2. The maximum Gasteiger partial charge on any atom is 0.191 e. The van der Waals surface area contributed by atoms with Crippen LogP contribution in [-0.2, 0) is 12.3 Å². The zero-order chi connectivity index (χ0) is 18.1. The molecule has 1 saturated heterocycles. The Morgan fingerprint density at radius 1 is 1.27 bits per heavy atom. The summed E-state index contributed by atoms with van der Waals surface area (Å²) in [6, 6.07) is 5.57. The molecule has 0 amide bonds. The van der Waals surface area contributed by atoms with Gasteiger partial charge in [0.25, 0.3) is 0 Å². The number of hydrogen-bond acceptors (Lipinski definition) is 3. The number of aliphatic imine (C=N–C) groups is 1. The zero-order valence-corrected chi connectivity index (χ0v) is 19.2. The number of thioether (sulfide) groups is 1. The molecule has 148 valence electrons. The molecule has 1 heterocycles. The lowest BCUT2D eigenvalue weighted by Gasteiger charge is -2.27. The molecule has 0 spiro atoms. The highest BCUT2D eigenvalue weighted by molar-refractivity contribution is 14.0. The van der Waals surface area contributed by atoms with Gasteiger partial charge in [-0.15, -0.1) is 24.0 Å². The van der Waals surface area contributed by atoms with Gasteiger partial charge in [0, 0.05) is 31.9 Å². The van der Waals surface area contributed by atoms with Gasteiger partial charge in [0.1, 0.15) is 5.82 Å². The van der Waals surface area contributed by atoms with Gasteiger partial charge in [0.15, 0.2) is 5.96 Å². The molecule has 0 bridgehead atoms. The molecule has 0 saturated carbocycles. The van der Waals surface area contributed by atoms with Gasteiger partial charge < -0.3 is 10.6 Å². The Labute approximate surface area is 178 Å². The van der Waals surface area contributed by atoms with Crippen molar-refractivity contribution < 1.29 is 4.39 Å². The third-order valence-electron chi connectivity index (χ3n) is 4.77. The van der Waals surface area contributed by atoms with Crippen LogP contribution in [0.15, 0.2) is 23.2 Å². The third kappa shape index (κ3) is 7.23. The second kappa shape index (κ2) is 12.8. The summed E-state index contributed by atoms with van der Waals surface area (Å²) < 4.78 is 13.5. The Balaban J connectivity index is 0.00000338. The Hall–Kier alpha value is -0.540. The largest absolute Gasteiger partial charge is 0.355 e. The van der Waals surface area contributed by atoms with E-state index < -0.39 is 0 Å². The minimum absolute atomic E-state index is 0. The molecule has 1 aliphatic rings. The van der Waals surface area contributed by atoms with E-state index in [-0.39, 0.29) is 29.8 Å². The Morgan fingerprint density at radius 2 is 2.00 bits per heavy atom. The Morgan fingerprint density at radius 3 is 2.62 bits per heavy atom. The van der Waals surface area contributed by atoms with Gasteiger partial charge in [-0.25, -0.2) is 4.39 Å². The molecule has 1 aromatic carbocycles. The van der Waals surface area contributed by atoms with Gasteiger partial charge >= 0.3 is 0 Å². The van der Waals surface area contributed by atoms with E-state index in [1.165, 1.54) is 32.0 Å². The maximum atomic E-state index is 13.5. The van der Waals surface area contributed by atoms with Crippen molar-refractivity contribution >= 4 is 41.7 Å². The van der Waals surface area contributed by atoms with Gasteiger partial charge in [-0.3, -0.25) is 9.89 Å². The molecule has 1 fully saturated rings. The van der Waals surface area contributed by atoms with Gasteiger partial charge in [-0.1, -0.05) is 13.0 Å². The Bertz CT molecular complexity index is 564. The summed E-state index contributed by atoms with van der Waals surface area (Å²) in [5.74, 6) is 1.44. The minimum Gasteiger partial charge on any atom is -0.355 e. The monoisotopic (exact) mass is 494 g/mol. The first-order valence-electron chi connectivity index (χ1n) is 9.12. The van der Waals surface area contributed by atoms with Crippen molar-refractivity contribution in [2.45, 2.75) is 44.5 Å². The van der Waals surface area contributed by atoms with Crippen molar-refractivity contribution in [2.75, 3.05) is 32.9 Å². The molecule has 0 radical (unpaired) electrons. The number of likely N-dealkylation sites (tertiary alicyclic amines) is 1. The van der Waals surface area contributed by atoms with E-state index in [0.29, 0.717) is 12.6 Å². The van der Waals surface area contributed by atoms with E-state index in [4.69, 9.17) is 0 Å². The second-order valence-electron chi connectivity index (χ2n) is 6.46.